The molecule has 1 aliphatic rings. The molecule has 5 rings (SSSR count). The van der Waals surface area contributed by atoms with Crippen molar-refractivity contribution in [2.75, 3.05) is 31.1 Å². The van der Waals surface area contributed by atoms with Crippen molar-refractivity contribution in [2.24, 2.45) is 0 Å². The number of halogens is 2. The van der Waals surface area contributed by atoms with Crippen LogP contribution in [-0.4, -0.2) is 47.0 Å². The molecule has 7 heteroatoms. The number of carbonyl (C=O) groups excluding carboxylic acids is 1. The van der Waals surface area contributed by atoms with E-state index in [-0.39, 0.29) is 11.7 Å². The number of pyridine rings is 2. The highest BCUT2D eigenvalue weighted by Gasteiger charge is 2.24. The zero-order valence-electron chi connectivity index (χ0n) is 17.2. The van der Waals surface area contributed by atoms with E-state index in [1.165, 1.54) is 12.1 Å². The molecule has 2 aromatic heterocycles. The van der Waals surface area contributed by atoms with Gasteiger partial charge in [0.05, 0.1) is 16.8 Å². The maximum Gasteiger partial charge on any atom is 0.254 e. The minimum atomic E-state index is -0.254. The fraction of sp³-hybridized carbons (Fsp3) is 0.160. The van der Waals surface area contributed by atoms with Crippen LogP contribution in [0.4, 0.5) is 10.1 Å². The summed E-state index contributed by atoms with van der Waals surface area (Å²) in [4.78, 5) is 26.4. The molecule has 0 spiro atoms. The van der Waals surface area contributed by atoms with Crippen LogP contribution in [0.15, 0.2) is 73.1 Å². The van der Waals surface area contributed by atoms with E-state index in [2.05, 4.69) is 9.88 Å². The van der Waals surface area contributed by atoms with E-state index in [4.69, 9.17) is 16.6 Å². The molecule has 4 aromatic rings. The highest BCUT2D eigenvalue weighted by molar-refractivity contribution is 6.31. The summed E-state index contributed by atoms with van der Waals surface area (Å²) >= 11 is 6.24. The highest BCUT2D eigenvalue weighted by Crippen LogP contribution is 2.28. The van der Waals surface area contributed by atoms with Gasteiger partial charge in [-0.1, -0.05) is 11.6 Å². The molecule has 0 N–H and O–H groups in total. The third-order valence-electron chi connectivity index (χ3n) is 5.74. The summed E-state index contributed by atoms with van der Waals surface area (Å²) in [5.41, 5.74) is 3.87. The second kappa shape index (κ2) is 8.55. The van der Waals surface area contributed by atoms with E-state index in [9.17, 15) is 9.18 Å². The number of nitrogens with zero attached hydrogens (tertiary/aromatic N) is 4. The first kappa shape index (κ1) is 20.4. The fourth-order valence-electron chi connectivity index (χ4n) is 4.04. The lowest BCUT2D eigenvalue weighted by Gasteiger charge is -2.36. The molecule has 0 saturated carbocycles. The maximum atomic E-state index is 13.6. The first-order valence-corrected chi connectivity index (χ1v) is 10.8. The minimum absolute atomic E-state index is 0.0475. The van der Waals surface area contributed by atoms with Gasteiger partial charge >= 0.3 is 0 Å². The van der Waals surface area contributed by atoms with Crippen LogP contribution >= 0.6 is 11.6 Å². The zero-order chi connectivity index (χ0) is 22.1. The minimum Gasteiger partial charge on any atom is -0.368 e. The Labute approximate surface area is 190 Å². The monoisotopic (exact) mass is 446 g/mol. The van der Waals surface area contributed by atoms with Crippen LogP contribution in [0, 0.1) is 5.82 Å². The number of carbonyl (C=O) groups is 1. The molecular weight excluding hydrogens is 427 g/mol. The molecule has 0 unspecified atom stereocenters. The van der Waals surface area contributed by atoms with Crippen LogP contribution in [0.1, 0.15) is 10.4 Å². The summed E-state index contributed by atoms with van der Waals surface area (Å²) in [6.45, 7) is 2.51. The Balaban J connectivity index is 1.45. The van der Waals surface area contributed by atoms with E-state index in [0.717, 1.165) is 27.8 Å². The van der Waals surface area contributed by atoms with E-state index in [1.54, 1.807) is 36.7 Å². The molecule has 1 amide bonds. The van der Waals surface area contributed by atoms with Gasteiger partial charge in [-0.25, -0.2) is 9.37 Å². The summed E-state index contributed by atoms with van der Waals surface area (Å²) in [6, 6.07) is 17.5. The lowest BCUT2D eigenvalue weighted by atomic mass is 10.0. The lowest BCUT2D eigenvalue weighted by molar-refractivity contribution is 0.0748. The van der Waals surface area contributed by atoms with Gasteiger partial charge in [0.1, 0.15) is 5.82 Å². The first-order chi connectivity index (χ1) is 15.6. The van der Waals surface area contributed by atoms with Crippen molar-refractivity contribution in [3.63, 3.8) is 0 Å². The average Bonchev–Trinajstić information content (AvgIpc) is 2.84. The summed E-state index contributed by atoms with van der Waals surface area (Å²) in [7, 11) is 0. The Hall–Kier alpha value is -3.51. The van der Waals surface area contributed by atoms with Crippen LogP contribution in [0.2, 0.25) is 5.02 Å². The molecule has 0 atom stereocenters. The van der Waals surface area contributed by atoms with Gasteiger partial charge in [0, 0.05) is 60.2 Å². The highest BCUT2D eigenvalue weighted by atomic mass is 35.5. The molecular formula is C25H20ClFN4O. The Morgan fingerprint density at radius 3 is 2.34 bits per heavy atom. The molecule has 160 valence electrons. The number of fused-ring (bicyclic) bond motifs is 1. The molecule has 3 heterocycles. The van der Waals surface area contributed by atoms with Gasteiger partial charge in [-0.2, -0.15) is 0 Å². The Kier molecular flexibility index (Phi) is 5.45. The van der Waals surface area contributed by atoms with Crippen LogP contribution in [0.3, 0.4) is 0 Å². The summed E-state index contributed by atoms with van der Waals surface area (Å²) in [6.07, 6.45) is 3.42. The number of anilines is 1. The molecule has 0 radical (unpaired) electrons. The van der Waals surface area contributed by atoms with Gasteiger partial charge in [-0.05, 0) is 60.7 Å². The van der Waals surface area contributed by atoms with E-state index >= 15 is 0 Å². The third-order valence-corrected chi connectivity index (χ3v) is 5.97. The zero-order valence-corrected chi connectivity index (χ0v) is 18.0. The van der Waals surface area contributed by atoms with Crippen molar-refractivity contribution in [3.8, 4) is 11.3 Å². The van der Waals surface area contributed by atoms with Gasteiger partial charge in [0.25, 0.3) is 5.91 Å². The van der Waals surface area contributed by atoms with Crippen molar-refractivity contribution in [1.29, 1.82) is 0 Å². The Morgan fingerprint density at radius 2 is 1.62 bits per heavy atom. The molecule has 0 bridgehead atoms. The van der Waals surface area contributed by atoms with Crippen molar-refractivity contribution < 1.29 is 9.18 Å². The maximum absolute atomic E-state index is 13.6. The quantitative estimate of drug-likeness (QED) is 0.442. The first-order valence-electron chi connectivity index (χ1n) is 10.4. The summed E-state index contributed by atoms with van der Waals surface area (Å²) < 4.78 is 13.2. The van der Waals surface area contributed by atoms with Gasteiger partial charge in [-0.3, -0.25) is 9.78 Å². The fourth-order valence-corrected chi connectivity index (χ4v) is 4.21. The van der Waals surface area contributed by atoms with Crippen molar-refractivity contribution in [3.05, 3.63) is 89.5 Å². The van der Waals surface area contributed by atoms with Gasteiger partial charge in [0.2, 0.25) is 0 Å². The van der Waals surface area contributed by atoms with Crippen LogP contribution in [0.25, 0.3) is 22.2 Å². The van der Waals surface area contributed by atoms with E-state index in [1.807, 2.05) is 29.2 Å². The largest absolute Gasteiger partial charge is 0.368 e. The van der Waals surface area contributed by atoms with Crippen molar-refractivity contribution in [2.45, 2.75) is 0 Å². The summed E-state index contributed by atoms with van der Waals surface area (Å²) in [5, 5.41) is 1.30. The standard InChI is InChI=1S/C25H20ClFN4O/c26-18-1-6-23-21(15-18)22(16-24(29-23)17-7-9-28-10-8-17)25(32)31-13-11-30(12-14-31)20-4-2-19(27)3-5-20/h1-10,15-16H,11-14H2. The second-order valence-corrected chi connectivity index (χ2v) is 8.14. The Morgan fingerprint density at radius 1 is 0.906 bits per heavy atom. The number of aromatic nitrogens is 2. The molecule has 0 aliphatic carbocycles. The predicted octanol–water partition coefficient (Wildman–Crippen LogP) is 5.05. The number of hydrogen-bond donors (Lipinski definition) is 0. The van der Waals surface area contributed by atoms with Gasteiger partial charge < -0.3 is 9.80 Å². The SMILES string of the molecule is O=C(c1cc(-c2ccncc2)nc2ccc(Cl)cc12)N1CCN(c2ccc(F)cc2)CC1. The number of rotatable bonds is 3. The average molecular weight is 447 g/mol. The molecule has 2 aromatic carbocycles. The van der Waals surface area contributed by atoms with Gasteiger partial charge in [0.15, 0.2) is 0 Å². The second-order valence-electron chi connectivity index (χ2n) is 7.71. The summed E-state index contributed by atoms with van der Waals surface area (Å²) in [5.74, 6) is -0.301. The topological polar surface area (TPSA) is 49.3 Å². The molecule has 32 heavy (non-hydrogen) atoms. The van der Waals surface area contributed by atoms with Crippen molar-refractivity contribution in [1.82, 2.24) is 14.9 Å². The van der Waals surface area contributed by atoms with Crippen LogP contribution in [-0.2, 0) is 0 Å². The third kappa shape index (κ3) is 4.01. The smallest absolute Gasteiger partial charge is 0.254 e. The van der Waals surface area contributed by atoms with Crippen LogP contribution < -0.4 is 4.90 Å². The number of hydrogen-bond acceptors (Lipinski definition) is 4. The van der Waals surface area contributed by atoms with Crippen LogP contribution in [0.5, 0.6) is 0 Å². The van der Waals surface area contributed by atoms with Gasteiger partial charge in [-0.15, -0.1) is 0 Å². The van der Waals surface area contributed by atoms with E-state index < -0.39 is 0 Å². The Bertz CT molecular complexity index is 1270. The number of benzene rings is 2. The molecule has 1 saturated heterocycles. The lowest BCUT2D eigenvalue weighted by Crippen LogP contribution is -2.48. The normalized spacial score (nSPS) is 14.1. The molecule has 5 nitrogen and oxygen atoms in total. The predicted molar refractivity (Wildman–Crippen MR) is 125 cm³/mol. The molecule has 1 aliphatic heterocycles. The molecule has 1 fully saturated rings. The number of amides is 1. The van der Waals surface area contributed by atoms with E-state index in [0.29, 0.717) is 36.8 Å². The number of piperazine rings is 1. The van der Waals surface area contributed by atoms with Crippen molar-refractivity contribution >= 4 is 34.1 Å².